The second-order valence-electron chi connectivity index (χ2n) is 4.80. The highest BCUT2D eigenvalue weighted by molar-refractivity contribution is 5.95. The molecule has 1 rings (SSSR count). The monoisotopic (exact) mass is 253 g/mol. The Balaban J connectivity index is 2.80. The van der Waals surface area contributed by atoms with Gasteiger partial charge in [-0.05, 0) is 43.0 Å². The Kier molecular flexibility index (Phi) is 5.28. The van der Waals surface area contributed by atoms with Crippen LogP contribution in [0, 0.1) is 18.7 Å². The van der Waals surface area contributed by atoms with Gasteiger partial charge in [-0.25, -0.2) is 4.39 Å². The number of aliphatic hydroxyl groups excluding tert-OH is 1. The van der Waals surface area contributed by atoms with Gasteiger partial charge in [-0.3, -0.25) is 4.79 Å². The molecule has 2 N–H and O–H groups in total. The molecule has 0 saturated carbocycles. The van der Waals surface area contributed by atoms with Gasteiger partial charge in [0.15, 0.2) is 0 Å². The van der Waals surface area contributed by atoms with Gasteiger partial charge >= 0.3 is 0 Å². The van der Waals surface area contributed by atoms with Crippen LogP contribution in [0.2, 0.25) is 0 Å². The highest BCUT2D eigenvalue weighted by atomic mass is 19.1. The lowest BCUT2D eigenvalue weighted by atomic mass is 10.00. The molecule has 1 amide bonds. The molecule has 0 heterocycles. The van der Waals surface area contributed by atoms with Crippen LogP contribution in [0.1, 0.15) is 36.2 Å². The number of amides is 1. The first-order valence-electron chi connectivity index (χ1n) is 6.13. The number of benzene rings is 1. The van der Waals surface area contributed by atoms with Crippen molar-refractivity contribution in [2.45, 2.75) is 33.2 Å². The molecule has 1 atom stereocenters. The van der Waals surface area contributed by atoms with Gasteiger partial charge in [-0.15, -0.1) is 0 Å². The standard InChI is InChI=1S/C14H20FNO2/c1-9(2)13(6-7-17)16-14(18)12-5-4-11(15)8-10(12)3/h4-5,8-9,13,17H,6-7H2,1-3H3,(H,16,18). The molecule has 0 aromatic heterocycles. The van der Waals surface area contributed by atoms with Gasteiger partial charge in [0, 0.05) is 18.2 Å². The van der Waals surface area contributed by atoms with E-state index in [0.717, 1.165) is 0 Å². The first-order valence-corrected chi connectivity index (χ1v) is 6.13. The number of carbonyl (C=O) groups is 1. The van der Waals surface area contributed by atoms with Gasteiger partial charge in [0.1, 0.15) is 5.82 Å². The highest BCUT2D eigenvalue weighted by Crippen LogP contribution is 2.12. The Bertz CT molecular complexity index is 418. The summed E-state index contributed by atoms with van der Waals surface area (Å²) in [5, 5.41) is 11.8. The van der Waals surface area contributed by atoms with Crippen LogP contribution in [0.25, 0.3) is 0 Å². The number of aryl methyl sites for hydroxylation is 1. The second-order valence-corrected chi connectivity index (χ2v) is 4.80. The number of carbonyl (C=O) groups excluding carboxylic acids is 1. The van der Waals surface area contributed by atoms with Crippen molar-refractivity contribution in [2.24, 2.45) is 5.92 Å². The van der Waals surface area contributed by atoms with Crippen LogP contribution < -0.4 is 5.32 Å². The topological polar surface area (TPSA) is 49.3 Å². The predicted molar refractivity (Wildman–Crippen MR) is 68.9 cm³/mol. The third-order valence-corrected chi connectivity index (χ3v) is 2.99. The maximum atomic E-state index is 13.0. The van der Waals surface area contributed by atoms with Crippen LogP contribution in [0.4, 0.5) is 4.39 Å². The Labute approximate surface area is 107 Å². The van der Waals surface area contributed by atoms with E-state index < -0.39 is 0 Å². The molecule has 0 fully saturated rings. The van der Waals surface area contributed by atoms with E-state index >= 15 is 0 Å². The average molecular weight is 253 g/mol. The summed E-state index contributed by atoms with van der Waals surface area (Å²) < 4.78 is 13.0. The number of aliphatic hydroxyl groups is 1. The number of rotatable bonds is 5. The quantitative estimate of drug-likeness (QED) is 0.845. The minimum atomic E-state index is -0.347. The summed E-state index contributed by atoms with van der Waals surface area (Å²) in [5.74, 6) is -0.332. The smallest absolute Gasteiger partial charge is 0.251 e. The molecule has 3 nitrogen and oxygen atoms in total. The van der Waals surface area contributed by atoms with E-state index in [0.29, 0.717) is 17.5 Å². The van der Waals surface area contributed by atoms with Crippen molar-refractivity contribution in [1.82, 2.24) is 5.32 Å². The molecule has 0 aliphatic heterocycles. The first kappa shape index (κ1) is 14.6. The zero-order chi connectivity index (χ0) is 13.7. The van der Waals surface area contributed by atoms with Gasteiger partial charge < -0.3 is 10.4 Å². The van der Waals surface area contributed by atoms with Crippen LogP contribution in [-0.2, 0) is 0 Å². The summed E-state index contributed by atoms with van der Waals surface area (Å²) in [6.45, 7) is 5.70. The fourth-order valence-corrected chi connectivity index (χ4v) is 1.84. The van der Waals surface area contributed by atoms with Gasteiger partial charge in [0.2, 0.25) is 0 Å². The molecule has 0 radical (unpaired) electrons. The van der Waals surface area contributed by atoms with Crippen molar-refractivity contribution in [3.05, 3.63) is 35.1 Å². The van der Waals surface area contributed by atoms with Crippen molar-refractivity contribution in [2.75, 3.05) is 6.61 Å². The maximum absolute atomic E-state index is 13.0. The third kappa shape index (κ3) is 3.81. The molecule has 0 bridgehead atoms. The number of halogens is 1. The predicted octanol–water partition coefficient (Wildman–Crippen LogP) is 2.27. The molecule has 4 heteroatoms. The van der Waals surface area contributed by atoms with Gasteiger partial charge in [-0.2, -0.15) is 0 Å². The zero-order valence-electron chi connectivity index (χ0n) is 11.0. The van der Waals surface area contributed by atoms with Gasteiger partial charge in [-0.1, -0.05) is 13.8 Å². The fraction of sp³-hybridized carbons (Fsp3) is 0.500. The van der Waals surface area contributed by atoms with Crippen molar-refractivity contribution in [3.8, 4) is 0 Å². The maximum Gasteiger partial charge on any atom is 0.251 e. The van der Waals surface area contributed by atoms with E-state index in [4.69, 9.17) is 5.11 Å². The Morgan fingerprint density at radius 3 is 2.61 bits per heavy atom. The molecule has 1 aromatic carbocycles. The molecule has 100 valence electrons. The van der Waals surface area contributed by atoms with E-state index in [1.807, 2.05) is 13.8 Å². The van der Waals surface area contributed by atoms with Crippen molar-refractivity contribution >= 4 is 5.91 Å². The van der Waals surface area contributed by atoms with Crippen LogP contribution in [0.5, 0.6) is 0 Å². The van der Waals surface area contributed by atoms with Crippen molar-refractivity contribution in [3.63, 3.8) is 0 Å². The Morgan fingerprint density at radius 1 is 1.44 bits per heavy atom. The Hall–Kier alpha value is -1.42. The van der Waals surface area contributed by atoms with Crippen LogP contribution >= 0.6 is 0 Å². The Morgan fingerprint density at radius 2 is 2.11 bits per heavy atom. The average Bonchev–Trinajstić information content (AvgIpc) is 2.27. The molecule has 0 spiro atoms. The first-order chi connectivity index (χ1) is 8.45. The molecule has 0 aliphatic rings. The third-order valence-electron chi connectivity index (χ3n) is 2.99. The summed E-state index contributed by atoms with van der Waals surface area (Å²) in [6, 6.07) is 4.02. The summed E-state index contributed by atoms with van der Waals surface area (Å²) in [7, 11) is 0. The van der Waals surface area contributed by atoms with E-state index in [-0.39, 0.29) is 30.3 Å². The van der Waals surface area contributed by atoms with E-state index in [9.17, 15) is 9.18 Å². The van der Waals surface area contributed by atoms with Crippen molar-refractivity contribution in [1.29, 1.82) is 0 Å². The van der Waals surface area contributed by atoms with Gasteiger partial charge in [0.05, 0.1) is 0 Å². The summed E-state index contributed by atoms with van der Waals surface area (Å²) in [4.78, 5) is 12.1. The minimum Gasteiger partial charge on any atom is -0.396 e. The van der Waals surface area contributed by atoms with Crippen molar-refractivity contribution < 1.29 is 14.3 Å². The normalized spacial score (nSPS) is 12.6. The fourth-order valence-electron chi connectivity index (χ4n) is 1.84. The SMILES string of the molecule is Cc1cc(F)ccc1C(=O)NC(CCO)C(C)C. The lowest BCUT2D eigenvalue weighted by molar-refractivity contribution is 0.0916. The summed E-state index contributed by atoms with van der Waals surface area (Å²) >= 11 is 0. The second kappa shape index (κ2) is 6.50. The van der Waals surface area contributed by atoms with Gasteiger partial charge in [0.25, 0.3) is 5.91 Å². The summed E-state index contributed by atoms with van der Waals surface area (Å²) in [6.07, 6.45) is 0.518. The van der Waals surface area contributed by atoms with E-state index in [1.54, 1.807) is 6.92 Å². The van der Waals surface area contributed by atoms with E-state index in [2.05, 4.69) is 5.32 Å². The molecule has 0 aliphatic carbocycles. The zero-order valence-corrected chi connectivity index (χ0v) is 11.0. The highest BCUT2D eigenvalue weighted by Gasteiger charge is 2.17. The number of nitrogens with one attached hydrogen (secondary N) is 1. The lowest BCUT2D eigenvalue weighted by Crippen LogP contribution is -2.39. The number of hydrogen-bond donors (Lipinski definition) is 2. The largest absolute Gasteiger partial charge is 0.396 e. The molecule has 18 heavy (non-hydrogen) atoms. The van der Waals surface area contributed by atoms with Crippen LogP contribution in [-0.4, -0.2) is 23.7 Å². The van der Waals surface area contributed by atoms with Crippen LogP contribution in [0.15, 0.2) is 18.2 Å². The van der Waals surface area contributed by atoms with Crippen LogP contribution in [0.3, 0.4) is 0 Å². The van der Waals surface area contributed by atoms with E-state index in [1.165, 1.54) is 18.2 Å². The minimum absolute atomic E-state index is 0.0333. The summed E-state index contributed by atoms with van der Waals surface area (Å²) in [5.41, 5.74) is 1.08. The molecule has 0 saturated heterocycles. The molecular formula is C14H20FNO2. The molecule has 1 unspecified atom stereocenters. The number of hydrogen-bond acceptors (Lipinski definition) is 2. The molecular weight excluding hydrogens is 233 g/mol. The molecule has 1 aromatic rings. The lowest BCUT2D eigenvalue weighted by Gasteiger charge is -2.22.